The van der Waals surface area contributed by atoms with E-state index in [9.17, 15) is 10.1 Å². The van der Waals surface area contributed by atoms with Crippen LogP contribution in [-0.2, 0) is 0 Å². The summed E-state index contributed by atoms with van der Waals surface area (Å²) in [7, 11) is 0. The van der Waals surface area contributed by atoms with Crippen molar-refractivity contribution >= 4 is 17.4 Å². The first-order valence-corrected chi connectivity index (χ1v) is 8.48. The predicted molar refractivity (Wildman–Crippen MR) is 93.2 cm³/mol. The molecule has 9 heteroatoms. The van der Waals surface area contributed by atoms with Gasteiger partial charge in [0.25, 0.3) is 0 Å². The highest BCUT2D eigenvalue weighted by molar-refractivity contribution is 7.99. The van der Waals surface area contributed by atoms with Crippen molar-refractivity contribution in [1.82, 2.24) is 20.2 Å². The lowest BCUT2D eigenvalue weighted by Gasteiger charge is -2.07. The van der Waals surface area contributed by atoms with Gasteiger partial charge in [0.1, 0.15) is 0 Å². The van der Waals surface area contributed by atoms with Crippen molar-refractivity contribution in [3.8, 4) is 11.4 Å². The van der Waals surface area contributed by atoms with Gasteiger partial charge in [-0.3, -0.25) is 10.1 Å². The molecule has 25 heavy (non-hydrogen) atoms. The van der Waals surface area contributed by atoms with Gasteiger partial charge in [-0.05, 0) is 35.5 Å². The van der Waals surface area contributed by atoms with E-state index in [0.717, 1.165) is 11.3 Å². The second kappa shape index (κ2) is 7.75. The van der Waals surface area contributed by atoms with E-state index in [1.54, 1.807) is 22.9 Å². The van der Waals surface area contributed by atoms with Crippen LogP contribution >= 0.6 is 11.8 Å². The zero-order valence-corrected chi connectivity index (χ0v) is 14.2. The van der Waals surface area contributed by atoms with Crippen molar-refractivity contribution in [2.24, 2.45) is 0 Å². The molecule has 0 saturated carbocycles. The summed E-state index contributed by atoms with van der Waals surface area (Å²) in [6.45, 7) is 2.31. The molecular formula is C16H15N5O3S. The SMILES string of the molecule is Cc1ccc(-n2nnnc2SCCOc2ccccc2[N+](=O)[O-])cc1. The number of hydrogen-bond donors (Lipinski definition) is 0. The van der Waals surface area contributed by atoms with Crippen molar-refractivity contribution in [2.75, 3.05) is 12.4 Å². The molecule has 1 aromatic heterocycles. The molecule has 0 spiro atoms. The third-order valence-corrected chi connectivity index (χ3v) is 4.24. The molecule has 0 fully saturated rings. The van der Waals surface area contributed by atoms with Gasteiger partial charge in [-0.1, -0.05) is 41.6 Å². The van der Waals surface area contributed by atoms with Crippen LogP contribution < -0.4 is 4.74 Å². The average molecular weight is 357 g/mol. The summed E-state index contributed by atoms with van der Waals surface area (Å²) >= 11 is 1.42. The predicted octanol–water partition coefficient (Wildman–Crippen LogP) is 3.05. The molecule has 0 aliphatic carbocycles. The number of para-hydroxylation sites is 2. The lowest BCUT2D eigenvalue weighted by molar-refractivity contribution is -0.385. The minimum Gasteiger partial charge on any atom is -0.486 e. The fraction of sp³-hybridized carbons (Fsp3) is 0.188. The molecule has 128 valence electrons. The highest BCUT2D eigenvalue weighted by Crippen LogP contribution is 2.26. The fourth-order valence-electron chi connectivity index (χ4n) is 2.13. The van der Waals surface area contributed by atoms with Crippen LogP contribution in [0.25, 0.3) is 5.69 Å². The number of thioether (sulfide) groups is 1. The Hall–Kier alpha value is -2.94. The number of nitro groups is 1. The molecule has 3 rings (SSSR count). The smallest absolute Gasteiger partial charge is 0.310 e. The van der Waals surface area contributed by atoms with Gasteiger partial charge >= 0.3 is 5.69 Å². The number of hydrogen-bond acceptors (Lipinski definition) is 7. The monoisotopic (exact) mass is 357 g/mol. The Morgan fingerprint density at radius 1 is 1.20 bits per heavy atom. The first-order valence-electron chi connectivity index (χ1n) is 7.49. The van der Waals surface area contributed by atoms with Gasteiger partial charge in [0.2, 0.25) is 5.16 Å². The minimum absolute atomic E-state index is 0.0445. The van der Waals surface area contributed by atoms with E-state index in [-0.39, 0.29) is 11.4 Å². The fourth-order valence-corrected chi connectivity index (χ4v) is 2.84. The summed E-state index contributed by atoms with van der Waals surface area (Å²) < 4.78 is 7.17. The number of nitro benzene ring substituents is 1. The summed E-state index contributed by atoms with van der Waals surface area (Å²) in [4.78, 5) is 10.5. The molecule has 0 saturated heterocycles. The number of aryl methyl sites for hydroxylation is 1. The van der Waals surface area contributed by atoms with Crippen LogP contribution in [0.5, 0.6) is 5.75 Å². The maximum absolute atomic E-state index is 11.0. The largest absolute Gasteiger partial charge is 0.486 e. The van der Waals surface area contributed by atoms with Gasteiger partial charge in [0, 0.05) is 11.8 Å². The van der Waals surface area contributed by atoms with Gasteiger partial charge in [-0.15, -0.1) is 5.10 Å². The van der Waals surface area contributed by atoms with Crippen LogP contribution in [-0.4, -0.2) is 37.5 Å². The van der Waals surface area contributed by atoms with E-state index in [4.69, 9.17) is 4.74 Å². The highest BCUT2D eigenvalue weighted by Gasteiger charge is 2.14. The van der Waals surface area contributed by atoms with E-state index in [1.807, 2.05) is 31.2 Å². The second-order valence-electron chi connectivity index (χ2n) is 5.13. The molecule has 0 atom stereocenters. The van der Waals surface area contributed by atoms with E-state index >= 15 is 0 Å². The molecule has 0 bridgehead atoms. The quantitative estimate of drug-likeness (QED) is 0.277. The summed E-state index contributed by atoms with van der Waals surface area (Å²) in [5.41, 5.74) is 1.98. The summed E-state index contributed by atoms with van der Waals surface area (Å²) in [5, 5.41) is 23.3. The van der Waals surface area contributed by atoms with Crippen LogP contribution in [0.3, 0.4) is 0 Å². The summed E-state index contributed by atoms with van der Waals surface area (Å²) in [6.07, 6.45) is 0. The first kappa shape index (κ1) is 16.9. The van der Waals surface area contributed by atoms with Gasteiger partial charge in [-0.25, -0.2) is 0 Å². The molecule has 0 radical (unpaired) electrons. The Labute approximate surface area is 148 Å². The van der Waals surface area contributed by atoms with Gasteiger partial charge in [-0.2, -0.15) is 4.68 Å². The van der Waals surface area contributed by atoms with E-state index < -0.39 is 4.92 Å². The minimum atomic E-state index is -0.458. The van der Waals surface area contributed by atoms with Gasteiger partial charge < -0.3 is 4.74 Å². The summed E-state index contributed by atoms with van der Waals surface area (Å²) in [5.74, 6) is 0.810. The third kappa shape index (κ3) is 4.13. The van der Waals surface area contributed by atoms with Crippen molar-refractivity contribution in [1.29, 1.82) is 0 Å². The Morgan fingerprint density at radius 3 is 2.72 bits per heavy atom. The third-order valence-electron chi connectivity index (χ3n) is 3.35. The van der Waals surface area contributed by atoms with Crippen molar-refractivity contribution in [3.05, 3.63) is 64.2 Å². The zero-order valence-electron chi connectivity index (χ0n) is 13.4. The maximum Gasteiger partial charge on any atom is 0.310 e. The zero-order chi connectivity index (χ0) is 17.6. The Kier molecular flexibility index (Phi) is 5.24. The lowest BCUT2D eigenvalue weighted by atomic mass is 10.2. The normalized spacial score (nSPS) is 10.6. The molecule has 8 nitrogen and oxygen atoms in total. The average Bonchev–Trinajstić information content (AvgIpc) is 3.08. The number of ether oxygens (including phenoxy) is 1. The van der Waals surface area contributed by atoms with Crippen molar-refractivity contribution in [3.63, 3.8) is 0 Å². The molecule has 0 aliphatic rings. The number of benzene rings is 2. The van der Waals surface area contributed by atoms with E-state index in [1.165, 1.54) is 17.8 Å². The van der Waals surface area contributed by atoms with Crippen molar-refractivity contribution < 1.29 is 9.66 Å². The number of aromatic nitrogens is 4. The Morgan fingerprint density at radius 2 is 1.96 bits per heavy atom. The van der Waals surface area contributed by atoms with Crippen LogP contribution in [0.1, 0.15) is 5.56 Å². The van der Waals surface area contributed by atoms with Gasteiger partial charge in [0.05, 0.1) is 17.2 Å². The molecule has 0 amide bonds. The number of rotatable bonds is 7. The molecule has 0 N–H and O–H groups in total. The molecule has 0 aliphatic heterocycles. The molecule has 2 aromatic carbocycles. The number of nitrogens with zero attached hydrogens (tertiary/aromatic N) is 5. The topological polar surface area (TPSA) is 96.0 Å². The second-order valence-corrected chi connectivity index (χ2v) is 6.19. The molecular weight excluding hydrogens is 342 g/mol. The van der Waals surface area contributed by atoms with Crippen LogP contribution in [0.2, 0.25) is 0 Å². The van der Waals surface area contributed by atoms with Crippen LogP contribution in [0, 0.1) is 17.0 Å². The van der Waals surface area contributed by atoms with Crippen LogP contribution in [0.4, 0.5) is 5.69 Å². The van der Waals surface area contributed by atoms with E-state index in [2.05, 4.69) is 15.5 Å². The Bertz CT molecular complexity index is 866. The number of tetrazole rings is 1. The van der Waals surface area contributed by atoms with Crippen molar-refractivity contribution in [2.45, 2.75) is 12.1 Å². The molecule has 0 unspecified atom stereocenters. The molecule has 3 aromatic rings. The van der Waals surface area contributed by atoms with E-state index in [0.29, 0.717) is 17.5 Å². The maximum atomic E-state index is 11.0. The lowest BCUT2D eigenvalue weighted by Crippen LogP contribution is -2.04. The standard InChI is InChI=1S/C16H15N5O3S/c1-12-6-8-13(9-7-12)20-16(17-18-19-20)25-11-10-24-15-5-3-2-4-14(15)21(22)23/h2-9H,10-11H2,1H3. The van der Waals surface area contributed by atoms with Gasteiger partial charge in [0.15, 0.2) is 5.75 Å². The summed E-state index contributed by atoms with van der Waals surface area (Å²) in [6, 6.07) is 14.2. The highest BCUT2D eigenvalue weighted by atomic mass is 32.2. The molecule has 1 heterocycles. The first-order chi connectivity index (χ1) is 12.1. The van der Waals surface area contributed by atoms with Crippen LogP contribution in [0.15, 0.2) is 53.7 Å². The Balaban J connectivity index is 1.60.